The van der Waals surface area contributed by atoms with E-state index in [0.29, 0.717) is 16.9 Å². The molecule has 20 heavy (non-hydrogen) atoms. The van der Waals surface area contributed by atoms with Crippen LogP contribution in [-0.2, 0) is 10.0 Å². The van der Waals surface area contributed by atoms with Crippen LogP contribution in [-0.4, -0.2) is 24.5 Å². The number of sulfonamides is 1. The summed E-state index contributed by atoms with van der Waals surface area (Å²) in [5.41, 5.74) is 1.25. The van der Waals surface area contributed by atoms with E-state index in [0.717, 1.165) is 5.51 Å². The third-order valence-corrected chi connectivity index (χ3v) is 5.00. The Labute approximate surface area is 118 Å². The van der Waals surface area contributed by atoms with Crippen molar-refractivity contribution in [2.45, 2.75) is 4.21 Å². The van der Waals surface area contributed by atoms with Gasteiger partial charge in [0, 0.05) is 5.69 Å². The Hall–Kier alpha value is -2.44. The summed E-state index contributed by atoms with van der Waals surface area (Å²) >= 11 is 0.717. The molecule has 0 amide bonds. The summed E-state index contributed by atoms with van der Waals surface area (Å²) < 4.78 is 26.0. The van der Waals surface area contributed by atoms with Gasteiger partial charge in [-0.25, -0.2) is 18.2 Å². The molecule has 0 aliphatic carbocycles. The van der Waals surface area contributed by atoms with Gasteiger partial charge in [-0.3, -0.25) is 4.72 Å². The van der Waals surface area contributed by atoms with Crippen LogP contribution in [0.15, 0.2) is 34.0 Å². The van der Waals surface area contributed by atoms with Crippen molar-refractivity contribution in [3.8, 4) is 6.07 Å². The molecular formula is C11H7N3O4S2. The third-order valence-electron chi connectivity index (χ3n) is 2.25. The molecule has 0 spiro atoms. The second-order valence-corrected chi connectivity index (χ2v) is 6.32. The Morgan fingerprint density at radius 2 is 2.00 bits per heavy atom. The molecule has 0 aliphatic rings. The topological polar surface area (TPSA) is 120 Å². The zero-order chi connectivity index (χ0) is 14.8. The summed E-state index contributed by atoms with van der Waals surface area (Å²) in [7, 11) is -4.02. The molecule has 2 aromatic rings. The molecule has 0 radical (unpaired) electrons. The average molecular weight is 309 g/mol. The summed E-state index contributed by atoms with van der Waals surface area (Å²) in [6.45, 7) is 0. The number of nitrogens with zero attached hydrogens (tertiary/aromatic N) is 2. The maximum Gasteiger partial charge on any atom is 0.356 e. The van der Waals surface area contributed by atoms with Crippen molar-refractivity contribution < 1.29 is 18.3 Å². The van der Waals surface area contributed by atoms with Crippen molar-refractivity contribution in [1.29, 1.82) is 5.26 Å². The van der Waals surface area contributed by atoms with E-state index in [1.54, 1.807) is 0 Å². The highest BCUT2D eigenvalue weighted by atomic mass is 32.2. The van der Waals surface area contributed by atoms with Crippen molar-refractivity contribution in [3.05, 3.63) is 41.0 Å². The van der Waals surface area contributed by atoms with Gasteiger partial charge in [0.15, 0.2) is 9.90 Å². The molecule has 0 atom stereocenters. The highest BCUT2D eigenvalue weighted by Gasteiger charge is 2.25. The summed E-state index contributed by atoms with van der Waals surface area (Å²) in [4.78, 5) is 14.4. The standard InChI is InChI=1S/C11H7N3O4S2/c12-5-7-1-3-8(4-2-7)14-20(17,18)11-9(10(15)16)13-6-19-11/h1-4,6,14H,(H,15,16). The minimum Gasteiger partial charge on any atom is -0.476 e. The lowest BCUT2D eigenvalue weighted by Crippen LogP contribution is -2.15. The van der Waals surface area contributed by atoms with Crippen LogP contribution < -0.4 is 4.72 Å². The number of anilines is 1. The number of hydrogen-bond acceptors (Lipinski definition) is 6. The first-order valence-corrected chi connectivity index (χ1v) is 7.50. The first-order chi connectivity index (χ1) is 9.44. The van der Waals surface area contributed by atoms with Crippen molar-refractivity contribution in [1.82, 2.24) is 4.98 Å². The van der Waals surface area contributed by atoms with Crippen LogP contribution in [0.1, 0.15) is 16.1 Å². The predicted molar refractivity (Wildman–Crippen MR) is 71.0 cm³/mol. The fraction of sp³-hybridized carbons (Fsp3) is 0. The second kappa shape index (κ2) is 5.28. The lowest BCUT2D eigenvalue weighted by molar-refractivity contribution is 0.0687. The molecule has 9 heteroatoms. The number of hydrogen-bond donors (Lipinski definition) is 2. The molecule has 0 bridgehead atoms. The van der Waals surface area contributed by atoms with Crippen LogP contribution in [0.5, 0.6) is 0 Å². The average Bonchev–Trinajstić information content (AvgIpc) is 2.89. The molecule has 1 aromatic carbocycles. The summed E-state index contributed by atoms with van der Waals surface area (Å²) in [5, 5.41) is 17.5. The zero-order valence-electron chi connectivity index (χ0n) is 9.77. The van der Waals surface area contributed by atoms with Crippen molar-refractivity contribution in [3.63, 3.8) is 0 Å². The van der Waals surface area contributed by atoms with Gasteiger partial charge in [0.1, 0.15) is 0 Å². The highest BCUT2D eigenvalue weighted by molar-refractivity contribution is 7.94. The van der Waals surface area contributed by atoms with Gasteiger partial charge in [-0.1, -0.05) is 0 Å². The maximum absolute atomic E-state index is 12.1. The normalized spacial score (nSPS) is 10.8. The quantitative estimate of drug-likeness (QED) is 0.883. The predicted octanol–water partition coefficient (Wildman–Crippen LogP) is 1.51. The van der Waals surface area contributed by atoms with Crippen LogP contribution in [0.2, 0.25) is 0 Å². The number of aromatic carboxylic acids is 1. The highest BCUT2D eigenvalue weighted by Crippen LogP contribution is 2.23. The van der Waals surface area contributed by atoms with Crippen LogP contribution in [0.3, 0.4) is 0 Å². The van der Waals surface area contributed by atoms with E-state index in [4.69, 9.17) is 10.4 Å². The lowest BCUT2D eigenvalue weighted by atomic mass is 10.2. The lowest BCUT2D eigenvalue weighted by Gasteiger charge is -2.06. The van der Waals surface area contributed by atoms with E-state index in [1.165, 1.54) is 24.3 Å². The number of thiazole rings is 1. The molecule has 0 saturated carbocycles. The number of carboxylic acid groups (broad SMARTS) is 1. The molecule has 0 saturated heterocycles. The van der Waals surface area contributed by atoms with Crippen molar-refractivity contribution in [2.24, 2.45) is 0 Å². The van der Waals surface area contributed by atoms with Crippen molar-refractivity contribution in [2.75, 3.05) is 4.72 Å². The third kappa shape index (κ3) is 2.76. The number of carbonyl (C=O) groups is 1. The second-order valence-electron chi connectivity index (χ2n) is 3.59. The molecule has 2 rings (SSSR count). The number of nitriles is 1. The van der Waals surface area contributed by atoms with Crippen LogP contribution in [0.4, 0.5) is 5.69 Å². The Morgan fingerprint density at radius 1 is 1.35 bits per heavy atom. The largest absolute Gasteiger partial charge is 0.476 e. The minimum atomic E-state index is -4.02. The number of rotatable bonds is 4. The molecular weight excluding hydrogens is 302 g/mol. The van der Waals surface area contributed by atoms with Gasteiger partial charge in [-0.2, -0.15) is 5.26 Å². The smallest absolute Gasteiger partial charge is 0.356 e. The Morgan fingerprint density at radius 3 is 2.55 bits per heavy atom. The molecule has 0 fully saturated rings. The Bertz CT molecular complexity index is 788. The number of benzene rings is 1. The van der Waals surface area contributed by atoms with E-state index in [2.05, 4.69) is 9.71 Å². The van der Waals surface area contributed by atoms with E-state index in [-0.39, 0.29) is 9.90 Å². The maximum atomic E-state index is 12.1. The van der Waals surface area contributed by atoms with Gasteiger partial charge in [0.2, 0.25) is 0 Å². The van der Waals surface area contributed by atoms with Gasteiger partial charge in [0.05, 0.1) is 17.1 Å². The van der Waals surface area contributed by atoms with E-state index < -0.39 is 21.7 Å². The number of aromatic nitrogens is 1. The van der Waals surface area contributed by atoms with Crippen LogP contribution in [0, 0.1) is 11.3 Å². The SMILES string of the molecule is N#Cc1ccc(NS(=O)(=O)c2scnc2C(=O)O)cc1. The van der Waals surface area contributed by atoms with Crippen molar-refractivity contribution >= 4 is 33.0 Å². The molecule has 1 aromatic heterocycles. The first kappa shape index (κ1) is 14.0. The van der Waals surface area contributed by atoms with Gasteiger partial charge in [-0.05, 0) is 24.3 Å². The number of nitrogens with one attached hydrogen (secondary N) is 1. The molecule has 0 aliphatic heterocycles. The van der Waals surface area contributed by atoms with E-state index >= 15 is 0 Å². The van der Waals surface area contributed by atoms with Gasteiger partial charge in [0.25, 0.3) is 10.0 Å². The van der Waals surface area contributed by atoms with Crippen LogP contribution in [0.25, 0.3) is 0 Å². The number of carboxylic acids is 1. The first-order valence-electron chi connectivity index (χ1n) is 5.14. The van der Waals surface area contributed by atoms with E-state index in [9.17, 15) is 13.2 Å². The molecule has 1 heterocycles. The Balaban J connectivity index is 2.33. The molecule has 0 unspecified atom stereocenters. The molecule has 102 valence electrons. The Kier molecular flexibility index (Phi) is 3.69. The molecule has 7 nitrogen and oxygen atoms in total. The van der Waals surface area contributed by atoms with Gasteiger partial charge >= 0.3 is 5.97 Å². The minimum absolute atomic E-state index is 0.230. The fourth-order valence-electron chi connectivity index (χ4n) is 1.38. The summed E-state index contributed by atoms with van der Waals surface area (Å²) in [5.74, 6) is -1.41. The zero-order valence-corrected chi connectivity index (χ0v) is 11.4. The molecule has 2 N–H and O–H groups in total. The summed E-state index contributed by atoms with van der Waals surface area (Å²) in [6.07, 6.45) is 0. The van der Waals surface area contributed by atoms with Gasteiger partial charge in [-0.15, -0.1) is 11.3 Å². The van der Waals surface area contributed by atoms with Gasteiger partial charge < -0.3 is 5.11 Å². The summed E-state index contributed by atoms with van der Waals surface area (Å²) in [6, 6.07) is 7.63. The van der Waals surface area contributed by atoms with Crippen LogP contribution >= 0.6 is 11.3 Å². The fourth-order valence-corrected chi connectivity index (χ4v) is 3.58. The van der Waals surface area contributed by atoms with E-state index in [1.807, 2.05) is 6.07 Å². The monoisotopic (exact) mass is 309 g/mol.